The number of amides is 2. The van der Waals surface area contributed by atoms with Crippen molar-refractivity contribution in [3.05, 3.63) is 105 Å². The highest BCUT2D eigenvalue weighted by atomic mass is 16.7. The molecule has 34 heavy (non-hydrogen) atoms. The Kier molecular flexibility index (Phi) is 6.59. The van der Waals surface area contributed by atoms with Gasteiger partial charge in [0.05, 0.1) is 11.1 Å². The van der Waals surface area contributed by atoms with Crippen molar-refractivity contribution in [2.45, 2.75) is 0 Å². The van der Waals surface area contributed by atoms with E-state index >= 15 is 0 Å². The third kappa shape index (κ3) is 5.43. The second kappa shape index (κ2) is 10.1. The third-order valence-corrected chi connectivity index (χ3v) is 4.72. The molecule has 0 aliphatic carbocycles. The Morgan fingerprint density at radius 3 is 2.38 bits per heavy atom. The minimum atomic E-state index is -0.681. The Morgan fingerprint density at radius 1 is 0.941 bits per heavy atom. The van der Waals surface area contributed by atoms with Crippen LogP contribution in [0.25, 0.3) is 6.08 Å². The van der Waals surface area contributed by atoms with E-state index in [0.717, 1.165) is 0 Å². The van der Waals surface area contributed by atoms with Crippen LogP contribution < -0.4 is 20.2 Å². The fourth-order valence-corrected chi connectivity index (χ4v) is 3.02. The number of non-ortho nitro benzene ring substituents is 1. The van der Waals surface area contributed by atoms with Gasteiger partial charge in [-0.25, -0.2) is 5.43 Å². The van der Waals surface area contributed by atoms with Gasteiger partial charge in [0.2, 0.25) is 6.79 Å². The van der Waals surface area contributed by atoms with E-state index in [-0.39, 0.29) is 18.2 Å². The first kappa shape index (κ1) is 22.2. The number of nitrogens with zero attached hydrogens (tertiary/aromatic N) is 2. The lowest BCUT2D eigenvalue weighted by Crippen LogP contribution is -2.32. The molecule has 0 bridgehead atoms. The molecule has 0 fully saturated rings. The second-order valence-electron chi connectivity index (χ2n) is 7.04. The van der Waals surface area contributed by atoms with E-state index in [1.807, 2.05) is 0 Å². The van der Waals surface area contributed by atoms with Crippen LogP contribution in [0.3, 0.4) is 0 Å². The number of nitro groups is 1. The largest absolute Gasteiger partial charge is 0.454 e. The van der Waals surface area contributed by atoms with Gasteiger partial charge in [-0.15, -0.1) is 0 Å². The second-order valence-corrected chi connectivity index (χ2v) is 7.04. The molecular formula is C24H18N4O6. The average molecular weight is 458 g/mol. The molecule has 170 valence electrons. The monoisotopic (exact) mass is 458 g/mol. The zero-order valence-corrected chi connectivity index (χ0v) is 17.6. The van der Waals surface area contributed by atoms with Crippen molar-refractivity contribution in [1.82, 2.24) is 10.7 Å². The van der Waals surface area contributed by atoms with Gasteiger partial charge in [0.25, 0.3) is 17.5 Å². The summed E-state index contributed by atoms with van der Waals surface area (Å²) < 4.78 is 10.6. The van der Waals surface area contributed by atoms with Crippen molar-refractivity contribution in [3.63, 3.8) is 0 Å². The summed E-state index contributed by atoms with van der Waals surface area (Å²) in [5.74, 6) is 0.0190. The number of hydrogen-bond acceptors (Lipinski definition) is 7. The molecule has 3 aromatic rings. The van der Waals surface area contributed by atoms with Crippen molar-refractivity contribution in [2.75, 3.05) is 6.79 Å². The van der Waals surface area contributed by atoms with Crippen LogP contribution in [0.1, 0.15) is 21.5 Å². The zero-order valence-electron chi connectivity index (χ0n) is 17.6. The predicted octanol–water partition coefficient (Wildman–Crippen LogP) is 3.24. The van der Waals surface area contributed by atoms with Crippen LogP contribution >= 0.6 is 0 Å². The number of fused-ring (bicyclic) bond motifs is 1. The van der Waals surface area contributed by atoms with Gasteiger partial charge in [0.15, 0.2) is 11.5 Å². The first-order valence-electron chi connectivity index (χ1n) is 10.1. The number of hydrazone groups is 1. The first-order chi connectivity index (χ1) is 16.5. The maximum absolute atomic E-state index is 12.8. The van der Waals surface area contributed by atoms with Gasteiger partial charge in [-0.2, -0.15) is 5.10 Å². The van der Waals surface area contributed by atoms with E-state index in [1.165, 1.54) is 36.6 Å². The summed E-state index contributed by atoms with van der Waals surface area (Å²) in [4.78, 5) is 35.8. The maximum Gasteiger partial charge on any atom is 0.287 e. The molecule has 0 radical (unpaired) electrons. The average Bonchev–Trinajstić information content (AvgIpc) is 3.32. The molecule has 0 spiro atoms. The Hall–Kier alpha value is -4.99. The SMILES string of the molecule is O=C(NN=Cc1ccc2c(c1)OCO2)/C(=C/c1ccc([N+](=O)[O-])cc1)NC(=O)c1ccccc1. The summed E-state index contributed by atoms with van der Waals surface area (Å²) in [6.45, 7) is 0.143. The molecule has 1 aliphatic rings. The minimum absolute atomic E-state index is 0.0921. The van der Waals surface area contributed by atoms with Gasteiger partial charge in [0.1, 0.15) is 5.70 Å². The molecule has 4 rings (SSSR count). The van der Waals surface area contributed by atoms with E-state index in [2.05, 4.69) is 15.8 Å². The molecule has 1 aliphatic heterocycles. The lowest BCUT2D eigenvalue weighted by molar-refractivity contribution is -0.384. The highest BCUT2D eigenvalue weighted by Crippen LogP contribution is 2.31. The highest BCUT2D eigenvalue weighted by Gasteiger charge is 2.15. The quantitative estimate of drug-likeness (QED) is 0.242. The number of hydrogen-bond donors (Lipinski definition) is 2. The van der Waals surface area contributed by atoms with Crippen LogP contribution in [0.5, 0.6) is 11.5 Å². The van der Waals surface area contributed by atoms with Crippen molar-refractivity contribution in [2.24, 2.45) is 5.10 Å². The summed E-state index contributed by atoms with van der Waals surface area (Å²) >= 11 is 0. The molecule has 2 N–H and O–H groups in total. The summed E-state index contributed by atoms with van der Waals surface area (Å²) in [5, 5.41) is 17.4. The van der Waals surface area contributed by atoms with Crippen LogP contribution in [0.2, 0.25) is 0 Å². The molecule has 0 atom stereocenters. The van der Waals surface area contributed by atoms with E-state index in [4.69, 9.17) is 9.47 Å². The van der Waals surface area contributed by atoms with E-state index in [0.29, 0.717) is 28.2 Å². The Balaban J connectivity index is 1.52. The molecule has 10 nitrogen and oxygen atoms in total. The fourth-order valence-electron chi connectivity index (χ4n) is 3.02. The van der Waals surface area contributed by atoms with E-state index < -0.39 is 16.7 Å². The van der Waals surface area contributed by atoms with Crippen LogP contribution in [0.15, 0.2) is 83.6 Å². The molecule has 10 heteroatoms. The van der Waals surface area contributed by atoms with E-state index in [9.17, 15) is 19.7 Å². The summed E-state index contributed by atoms with van der Waals surface area (Å²) in [7, 11) is 0. The Labute approximate surface area is 193 Å². The number of ether oxygens (including phenoxy) is 2. The maximum atomic E-state index is 12.8. The van der Waals surface area contributed by atoms with Crippen molar-refractivity contribution >= 4 is 29.8 Å². The fraction of sp³-hybridized carbons (Fsp3) is 0.0417. The number of nitrogens with one attached hydrogen (secondary N) is 2. The number of rotatable bonds is 7. The molecule has 3 aromatic carbocycles. The minimum Gasteiger partial charge on any atom is -0.454 e. The number of nitro benzene ring substituents is 1. The Bertz CT molecular complexity index is 1290. The smallest absolute Gasteiger partial charge is 0.287 e. The zero-order chi connectivity index (χ0) is 23.9. The van der Waals surface area contributed by atoms with Gasteiger partial charge in [0, 0.05) is 17.7 Å². The predicted molar refractivity (Wildman–Crippen MR) is 123 cm³/mol. The molecule has 2 amide bonds. The first-order valence-corrected chi connectivity index (χ1v) is 10.1. The van der Waals surface area contributed by atoms with Crippen molar-refractivity contribution < 1.29 is 24.0 Å². The summed E-state index contributed by atoms with van der Waals surface area (Å²) in [5.41, 5.74) is 3.68. The third-order valence-electron chi connectivity index (χ3n) is 4.72. The highest BCUT2D eigenvalue weighted by molar-refractivity contribution is 6.05. The molecule has 0 saturated heterocycles. The van der Waals surface area contributed by atoms with Crippen molar-refractivity contribution in [3.8, 4) is 11.5 Å². The van der Waals surface area contributed by atoms with Gasteiger partial charge >= 0.3 is 0 Å². The standard InChI is InChI=1S/C24H18N4O6/c29-23(18-4-2-1-3-5-18)26-20(12-16-6-9-19(10-7-16)28(31)32)24(30)27-25-14-17-8-11-21-22(13-17)34-15-33-21/h1-14H,15H2,(H,26,29)(H,27,30)/b20-12-,25-14?. The summed E-state index contributed by atoms with van der Waals surface area (Å²) in [6.07, 6.45) is 2.82. The van der Waals surface area contributed by atoms with Gasteiger partial charge in [-0.3, -0.25) is 19.7 Å². The van der Waals surface area contributed by atoms with Crippen LogP contribution in [-0.4, -0.2) is 29.7 Å². The molecule has 1 heterocycles. The topological polar surface area (TPSA) is 132 Å². The number of benzene rings is 3. The lowest BCUT2D eigenvalue weighted by Gasteiger charge is -2.09. The van der Waals surface area contributed by atoms with Gasteiger partial charge < -0.3 is 14.8 Å². The van der Waals surface area contributed by atoms with Gasteiger partial charge in [-0.1, -0.05) is 18.2 Å². The Morgan fingerprint density at radius 2 is 1.65 bits per heavy atom. The lowest BCUT2D eigenvalue weighted by atomic mass is 10.1. The molecular weight excluding hydrogens is 440 g/mol. The molecule has 0 aromatic heterocycles. The number of carbonyl (C=O) groups is 2. The molecule has 0 unspecified atom stereocenters. The van der Waals surface area contributed by atoms with Crippen LogP contribution in [0, 0.1) is 10.1 Å². The normalized spacial score (nSPS) is 12.4. The van der Waals surface area contributed by atoms with Crippen LogP contribution in [0.4, 0.5) is 5.69 Å². The van der Waals surface area contributed by atoms with E-state index in [1.54, 1.807) is 48.5 Å². The van der Waals surface area contributed by atoms with Crippen LogP contribution in [-0.2, 0) is 4.79 Å². The van der Waals surface area contributed by atoms with Gasteiger partial charge in [-0.05, 0) is 59.7 Å². The summed E-state index contributed by atoms with van der Waals surface area (Å²) in [6, 6.07) is 19.1. The molecule has 0 saturated carbocycles. The number of carbonyl (C=O) groups excluding carboxylic acids is 2. The van der Waals surface area contributed by atoms with Crippen molar-refractivity contribution in [1.29, 1.82) is 0 Å².